The molecule has 1 amide bonds. The highest BCUT2D eigenvalue weighted by atomic mass is 35.5. The van der Waals surface area contributed by atoms with Crippen LogP contribution in [0.1, 0.15) is 28.8 Å². The minimum absolute atomic E-state index is 0. The van der Waals surface area contributed by atoms with Gasteiger partial charge in [0.15, 0.2) is 0 Å². The number of amides is 1. The van der Waals surface area contributed by atoms with Crippen molar-refractivity contribution in [1.29, 1.82) is 0 Å². The summed E-state index contributed by atoms with van der Waals surface area (Å²) in [6, 6.07) is 16.5. The van der Waals surface area contributed by atoms with Gasteiger partial charge in [0.25, 0.3) is 5.91 Å². The molecule has 0 radical (unpaired) electrons. The molecule has 0 aliphatic heterocycles. The topological polar surface area (TPSA) is 50.2 Å². The summed E-state index contributed by atoms with van der Waals surface area (Å²) in [7, 11) is 3.81. The Morgan fingerprint density at radius 3 is 2.21 bits per heavy atom. The van der Waals surface area contributed by atoms with Crippen molar-refractivity contribution in [3.63, 3.8) is 0 Å². The van der Waals surface area contributed by atoms with Crippen LogP contribution in [0.4, 0.5) is 5.69 Å². The maximum atomic E-state index is 13.1. The Hall–Kier alpha value is -2.79. The fraction of sp³-hybridized carbons (Fsp3) is 0.273. The Morgan fingerprint density at radius 1 is 1.11 bits per heavy atom. The molecule has 0 saturated heterocycles. The first-order valence-corrected chi connectivity index (χ1v) is 9.31. The molecule has 5 nitrogen and oxygen atoms in total. The third kappa shape index (κ3) is 4.37. The number of anilines is 1. The SMILES string of the molecule is CNc1ccc(-c2ccc(C(=O)N(Cc3cnn(C)c3)C3CC3)cc2)cc1.Cl. The van der Waals surface area contributed by atoms with Crippen LogP contribution in [0.3, 0.4) is 0 Å². The third-order valence-electron chi connectivity index (χ3n) is 5.00. The molecule has 1 aliphatic carbocycles. The molecule has 1 saturated carbocycles. The van der Waals surface area contributed by atoms with Gasteiger partial charge >= 0.3 is 0 Å². The highest BCUT2D eigenvalue weighted by Crippen LogP contribution is 2.30. The van der Waals surface area contributed by atoms with E-state index in [4.69, 9.17) is 0 Å². The zero-order valence-corrected chi connectivity index (χ0v) is 16.9. The lowest BCUT2D eigenvalue weighted by Gasteiger charge is -2.22. The number of benzene rings is 2. The maximum absolute atomic E-state index is 13.1. The van der Waals surface area contributed by atoms with Gasteiger partial charge in [-0.25, -0.2) is 0 Å². The van der Waals surface area contributed by atoms with Crippen molar-refractivity contribution in [2.75, 3.05) is 12.4 Å². The number of hydrogen-bond acceptors (Lipinski definition) is 3. The number of halogens is 1. The molecule has 1 heterocycles. The van der Waals surface area contributed by atoms with Gasteiger partial charge in [-0.15, -0.1) is 12.4 Å². The van der Waals surface area contributed by atoms with Crippen molar-refractivity contribution in [3.05, 3.63) is 72.1 Å². The summed E-state index contributed by atoms with van der Waals surface area (Å²) in [6.07, 6.45) is 5.98. The zero-order chi connectivity index (χ0) is 18.8. The Morgan fingerprint density at radius 2 is 1.71 bits per heavy atom. The van der Waals surface area contributed by atoms with Crippen LogP contribution in [0, 0.1) is 0 Å². The lowest BCUT2D eigenvalue weighted by atomic mass is 10.0. The molecule has 28 heavy (non-hydrogen) atoms. The molecular formula is C22H25ClN4O. The lowest BCUT2D eigenvalue weighted by Crippen LogP contribution is -2.32. The minimum Gasteiger partial charge on any atom is -0.388 e. The van der Waals surface area contributed by atoms with E-state index < -0.39 is 0 Å². The number of carbonyl (C=O) groups is 1. The molecule has 1 aromatic heterocycles. The van der Waals surface area contributed by atoms with Gasteiger partial charge in [-0.3, -0.25) is 9.48 Å². The molecule has 3 aromatic rings. The lowest BCUT2D eigenvalue weighted by molar-refractivity contribution is 0.0730. The van der Waals surface area contributed by atoms with Gasteiger partial charge in [0.05, 0.1) is 6.20 Å². The minimum atomic E-state index is 0. The quantitative estimate of drug-likeness (QED) is 0.673. The summed E-state index contributed by atoms with van der Waals surface area (Å²) in [5, 5.41) is 7.34. The first-order valence-electron chi connectivity index (χ1n) is 9.31. The largest absolute Gasteiger partial charge is 0.388 e. The van der Waals surface area contributed by atoms with Crippen molar-refractivity contribution in [2.45, 2.75) is 25.4 Å². The molecule has 6 heteroatoms. The van der Waals surface area contributed by atoms with E-state index in [-0.39, 0.29) is 18.3 Å². The van der Waals surface area contributed by atoms with Crippen LogP contribution in [0.15, 0.2) is 60.9 Å². The van der Waals surface area contributed by atoms with Gasteiger partial charge in [-0.05, 0) is 48.2 Å². The average molecular weight is 397 g/mol. The van der Waals surface area contributed by atoms with Gasteiger partial charge in [0.1, 0.15) is 0 Å². The zero-order valence-electron chi connectivity index (χ0n) is 16.1. The molecule has 146 valence electrons. The summed E-state index contributed by atoms with van der Waals surface area (Å²) < 4.78 is 1.78. The van der Waals surface area contributed by atoms with Gasteiger partial charge in [-0.1, -0.05) is 24.3 Å². The van der Waals surface area contributed by atoms with E-state index in [1.165, 1.54) is 0 Å². The van der Waals surface area contributed by atoms with Crippen LogP contribution >= 0.6 is 12.4 Å². The molecule has 0 spiro atoms. The number of hydrogen-bond donors (Lipinski definition) is 1. The summed E-state index contributed by atoms with van der Waals surface area (Å²) in [5.41, 5.74) is 5.14. The Kier molecular flexibility index (Phi) is 6.05. The monoisotopic (exact) mass is 396 g/mol. The molecule has 0 bridgehead atoms. The number of nitrogens with one attached hydrogen (secondary N) is 1. The van der Waals surface area contributed by atoms with Crippen LogP contribution in [0.2, 0.25) is 0 Å². The van der Waals surface area contributed by atoms with Crippen molar-refractivity contribution < 1.29 is 4.79 Å². The molecule has 4 rings (SSSR count). The number of carbonyl (C=O) groups excluding carboxylic acids is 1. The fourth-order valence-electron chi connectivity index (χ4n) is 3.30. The van der Waals surface area contributed by atoms with Crippen molar-refractivity contribution in [3.8, 4) is 11.1 Å². The van der Waals surface area contributed by atoms with E-state index in [0.717, 1.165) is 40.8 Å². The fourth-order valence-corrected chi connectivity index (χ4v) is 3.30. The highest BCUT2D eigenvalue weighted by Gasteiger charge is 2.33. The molecule has 1 aliphatic rings. The van der Waals surface area contributed by atoms with Gasteiger partial charge in [-0.2, -0.15) is 5.10 Å². The maximum Gasteiger partial charge on any atom is 0.254 e. The standard InChI is InChI=1S/C22H24N4O.ClH/c1-23-20-9-7-18(8-10-20)17-3-5-19(6-4-17)22(27)26(21-11-12-21)15-16-13-24-25(2)14-16;/h3-10,13-14,21,23H,11-12,15H2,1-2H3;1H. The third-order valence-corrected chi connectivity index (χ3v) is 5.00. The molecule has 2 aromatic carbocycles. The van der Waals surface area contributed by atoms with Crippen LogP contribution in [-0.4, -0.2) is 33.7 Å². The van der Waals surface area contributed by atoms with E-state index >= 15 is 0 Å². The van der Waals surface area contributed by atoms with E-state index in [1.54, 1.807) is 4.68 Å². The van der Waals surface area contributed by atoms with Crippen LogP contribution < -0.4 is 5.32 Å². The first-order chi connectivity index (χ1) is 13.1. The number of nitrogens with zero attached hydrogens (tertiary/aromatic N) is 3. The first kappa shape index (κ1) is 20.0. The summed E-state index contributed by atoms with van der Waals surface area (Å²) in [4.78, 5) is 15.0. The van der Waals surface area contributed by atoms with E-state index in [2.05, 4.69) is 34.7 Å². The summed E-state index contributed by atoms with van der Waals surface area (Å²) in [6.45, 7) is 0.616. The van der Waals surface area contributed by atoms with Gasteiger partial charge in [0.2, 0.25) is 0 Å². The second-order valence-corrected chi connectivity index (χ2v) is 7.09. The Balaban J connectivity index is 0.00000225. The van der Waals surface area contributed by atoms with E-state index in [1.807, 2.05) is 55.7 Å². The normalized spacial score (nSPS) is 12.9. The highest BCUT2D eigenvalue weighted by molar-refractivity contribution is 5.95. The molecule has 1 N–H and O–H groups in total. The smallest absolute Gasteiger partial charge is 0.254 e. The molecule has 0 atom stereocenters. The van der Waals surface area contributed by atoms with E-state index in [9.17, 15) is 4.79 Å². The van der Waals surface area contributed by atoms with Gasteiger partial charge < -0.3 is 10.2 Å². The summed E-state index contributed by atoms with van der Waals surface area (Å²) >= 11 is 0. The predicted octanol–water partition coefficient (Wildman–Crippen LogP) is 4.36. The number of aryl methyl sites for hydroxylation is 1. The second-order valence-electron chi connectivity index (χ2n) is 7.09. The second kappa shape index (κ2) is 8.48. The van der Waals surface area contributed by atoms with Crippen molar-refractivity contribution in [2.24, 2.45) is 7.05 Å². The summed E-state index contributed by atoms with van der Waals surface area (Å²) in [5.74, 6) is 0.0958. The van der Waals surface area contributed by atoms with E-state index in [0.29, 0.717) is 12.6 Å². The average Bonchev–Trinajstić information content (AvgIpc) is 3.47. The molecular weight excluding hydrogens is 372 g/mol. The van der Waals surface area contributed by atoms with Crippen LogP contribution in [0.25, 0.3) is 11.1 Å². The Bertz CT molecular complexity index is 930. The van der Waals surface area contributed by atoms with Gasteiger partial charge in [0, 0.05) is 49.7 Å². The van der Waals surface area contributed by atoms with Crippen LogP contribution in [-0.2, 0) is 13.6 Å². The van der Waals surface area contributed by atoms with Crippen LogP contribution in [0.5, 0.6) is 0 Å². The molecule has 0 unspecified atom stereocenters. The number of rotatable bonds is 6. The number of aromatic nitrogens is 2. The van der Waals surface area contributed by atoms with Crippen molar-refractivity contribution >= 4 is 24.0 Å². The predicted molar refractivity (Wildman–Crippen MR) is 115 cm³/mol. The molecule has 1 fully saturated rings. The Labute approximate surface area is 171 Å². The van der Waals surface area contributed by atoms with Crippen molar-refractivity contribution in [1.82, 2.24) is 14.7 Å².